The number of halogens is 3. The van der Waals surface area contributed by atoms with Gasteiger partial charge in [0, 0.05) is 16.5 Å². The molecule has 3 aromatic rings. The second-order valence-corrected chi connectivity index (χ2v) is 8.84. The van der Waals surface area contributed by atoms with Gasteiger partial charge in [-0.25, -0.2) is 0 Å². The third-order valence-electron chi connectivity index (χ3n) is 5.00. The van der Waals surface area contributed by atoms with E-state index in [1.165, 1.54) is 0 Å². The summed E-state index contributed by atoms with van der Waals surface area (Å²) in [6.45, 7) is 0. The zero-order chi connectivity index (χ0) is 20.4. The third-order valence-corrected chi connectivity index (χ3v) is 6.58. The summed E-state index contributed by atoms with van der Waals surface area (Å²) >= 11 is 14.3. The van der Waals surface area contributed by atoms with Crippen molar-refractivity contribution in [1.82, 2.24) is 3.11 Å². The van der Waals surface area contributed by atoms with E-state index < -0.39 is 6.10 Å². The summed E-state index contributed by atoms with van der Waals surface area (Å²) in [4.78, 5) is 13.2. The maximum Gasteiger partial charge on any atom is 0.261 e. The average molecular weight is 538 g/mol. The van der Waals surface area contributed by atoms with Crippen LogP contribution in [0.3, 0.4) is 0 Å². The smallest absolute Gasteiger partial charge is 0.261 e. The molecule has 4 rings (SSSR count). The van der Waals surface area contributed by atoms with Crippen molar-refractivity contribution >= 4 is 52.0 Å². The molecule has 0 unspecified atom stereocenters. The van der Waals surface area contributed by atoms with Gasteiger partial charge in [0.15, 0.2) is 0 Å². The van der Waals surface area contributed by atoms with Crippen LogP contribution in [0.15, 0.2) is 78.9 Å². The molecule has 29 heavy (non-hydrogen) atoms. The van der Waals surface area contributed by atoms with Crippen molar-refractivity contribution in [3.8, 4) is 0 Å². The molecule has 0 radical (unpaired) electrons. The average Bonchev–Trinajstić information content (AvgIpc) is 2.74. The minimum atomic E-state index is -0.557. The molecule has 1 amide bonds. The van der Waals surface area contributed by atoms with Crippen molar-refractivity contribution in [2.45, 2.75) is 24.7 Å². The van der Waals surface area contributed by atoms with Gasteiger partial charge in [-0.2, -0.15) is 0 Å². The fraction of sp³-hybridized carbons (Fsp3) is 0.174. The van der Waals surface area contributed by atoms with Gasteiger partial charge in [-0.05, 0) is 41.0 Å². The van der Waals surface area contributed by atoms with Crippen LogP contribution in [0.1, 0.15) is 28.8 Å². The lowest BCUT2D eigenvalue weighted by Gasteiger charge is -2.41. The first-order valence-electron chi connectivity index (χ1n) is 9.22. The van der Waals surface area contributed by atoms with Gasteiger partial charge in [0.25, 0.3) is 5.91 Å². The molecule has 3 aromatic carbocycles. The quantitative estimate of drug-likeness (QED) is 0.277. The van der Waals surface area contributed by atoms with Crippen LogP contribution in [-0.2, 0) is 16.0 Å². The Hall–Kier alpha value is -1.60. The van der Waals surface area contributed by atoms with Gasteiger partial charge in [0.2, 0.25) is 0 Å². The minimum absolute atomic E-state index is 0.0420. The highest BCUT2D eigenvalue weighted by Crippen LogP contribution is 2.44. The van der Waals surface area contributed by atoms with Crippen LogP contribution >= 0.6 is 46.1 Å². The summed E-state index contributed by atoms with van der Waals surface area (Å²) in [6, 6.07) is 24.8. The van der Waals surface area contributed by atoms with Gasteiger partial charge < -0.3 is 4.74 Å². The first-order chi connectivity index (χ1) is 14.0. The van der Waals surface area contributed by atoms with Gasteiger partial charge in [-0.3, -0.25) is 7.91 Å². The summed E-state index contributed by atoms with van der Waals surface area (Å²) in [5, 5.41) is 1.32. The first kappa shape index (κ1) is 20.7. The predicted molar refractivity (Wildman–Crippen MR) is 124 cm³/mol. The normalized spacial score (nSPS) is 22.0. The second kappa shape index (κ2) is 9.04. The van der Waals surface area contributed by atoms with Crippen molar-refractivity contribution < 1.29 is 9.53 Å². The lowest BCUT2D eigenvalue weighted by Crippen LogP contribution is -2.47. The number of amides is 1. The highest BCUT2D eigenvalue weighted by molar-refractivity contribution is 14.1. The second-order valence-electron chi connectivity index (χ2n) is 6.93. The summed E-state index contributed by atoms with van der Waals surface area (Å²) < 4.78 is 8.19. The first-order valence-corrected chi connectivity index (χ1v) is 10.9. The number of carbonyl (C=O) groups is 1. The molecule has 1 heterocycles. The Kier molecular flexibility index (Phi) is 6.44. The van der Waals surface area contributed by atoms with Crippen LogP contribution in [0.25, 0.3) is 0 Å². The number of rotatable bonds is 4. The standard InChI is InChI=1S/C23H18Cl2INO2/c24-18-10-6-16(7-11-18)21-22(17-8-12-19(25)13-9-17)29-20(23(28)27(21)26)14-15-4-2-1-3-5-15/h1-13,20-22H,14H2/t20-,21+,22-/m0/s1. The molecule has 148 valence electrons. The van der Waals surface area contributed by atoms with Crippen LogP contribution in [0.5, 0.6) is 0 Å². The van der Waals surface area contributed by atoms with Crippen LogP contribution in [-0.4, -0.2) is 15.1 Å². The molecular weight excluding hydrogens is 520 g/mol. The van der Waals surface area contributed by atoms with Crippen LogP contribution < -0.4 is 0 Å². The Morgan fingerprint density at radius 2 is 1.38 bits per heavy atom. The molecule has 1 aliphatic rings. The van der Waals surface area contributed by atoms with E-state index >= 15 is 0 Å². The molecule has 6 heteroatoms. The zero-order valence-corrected chi connectivity index (χ0v) is 19.0. The molecule has 0 N–H and O–H groups in total. The fourth-order valence-corrected chi connectivity index (χ4v) is 4.72. The van der Waals surface area contributed by atoms with E-state index in [-0.39, 0.29) is 18.1 Å². The van der Waals surface area contributed by atoms with Gasteiger partial charge in [0.1, 0.15) is 12.2 Å². The number of hydrogen-bond donors (Lipinski definition) is 0. The molecule has 0 bridgehead atoms. The van der Waals surface area contributed by atoms with E-state index in [0.717, 1.165) is 16.7 Å². The Labute approximate surface area is 194 Å². The van der Waals surface area contributed by atoms with E-state index in [4.69, 9.17) is 27.9 Å². The molecule has 0 saturated carbocycles. The molecule has 3 atom stereocenters. The Morgan fingerprint density at radius 1 is 0.828 bits per heavy atom. The topological polar surface area (TPSA) is 29.5 Å². The highest BCUT2D eigenvalue weighted by atomic mass is 127. The predicted octanol–water partition coefficient (Wildman–Crippen LogP) is 6.60. The molecular formula is C23H18Cl2INO2. The molecule has 3 nitrogen and oxygen atoms in total. The number of nitrogens with zero attached hydrogens (tertiary/aromatic N) is 1. The zero-order valence-electron chi connectivity index (χ0n) is 15.3. The molecule has 0 aromatic heterocycles. The Bertz CT molecular complexity index is 980. The van der Waals surface area contributed by atoms with E-state index in [9.17, 15) is 4.79 Å². The lowest BCUT2D eigenvalue weighted by molar-refractivity contribution is -0.160. The molecule has 1 saturated heterocycles. The summed E-state index contributed by atoms with van der Waals surface area (Å²) in [5.41, 5.74) is 3.01. The van der Waals surface area contributed by atoms with Gasteiger partial charge in [0.05, 0.1) is 28.9 Å². The van der Waals surface area contributed by atoms with Gasteiger partial charge in [-0.1, -0.05) is 77.8 Å². The number of benzene rings is 3. The number of ether oxygens (including phenoxy) is 1. The lowest BCUT2D eigenvalue weighted by atomic mass is 9.92. The van der Waals surface area contributed by atoms with Gasteiger partial charge >= 0.3 is 0 Å². The Morgan fingerprint density at radius 3 is 1.97 bits per heavy atom. The summed E-state index contributed by atoms with van der Waals surface area (Å²) in [7, 11) is 0. The van der Waals surface area contributed by atoms with Crippen LogP contribution in [0.2, 0.25) is 10.0 Å². The van der Waals surface area contributed by atoms with Crippen LogP contribution in [0, 0.1) is 0 Å². The minimum Gasteiger partial charge on any atom is -0.358 e. The van der Waals surface area contributed by atoms with E-state index in [2.05, 4.69) is 22.9 Å². The number of morpholine rings is 1. The Balaban J connectivity index is 1.71. The van der Waals surface area contributed by atoms with Crippen LogP contribution in [0.4, 0.5) is 0 Å². The maximum atomic E-state index is 13.2. The van der Waals surface area contributed by atoms with E-state index in [1.807, 2.05) is 78.9 Å². The van der Waals surface area contributed by atoms with Crippen molar-refractivity contribution in [2.75, 3.05) is 0 Å². The van der Waals surface area contributed by atoms with Crippen molar-refractivity contribution in [3.05, 3.63) is 106 Å². The monoisotopic (exact) mass is 537 g/mol. The maximum absolute atomic E-state index is 13.2. The van der Waals surface area contributed by atoms with Crippen molar-refractivity contribution in [3.63, 3.8) is 0 Å². The van der Waals surface area contributed by atoms with Crippen molar-refractivity contribution in [1.29, 1.82) is 0 Å². The van der Waals surface area contributed by atoms with Gasteiger partial charge in [-0.15, -0.1) is 0 Å². The van der Waals surface area contributed by atoms with E-state index in [1.54, 1.807) is 3.11 Å². The fourth-order valence-electron chi connectivity index (χ4n) is 3.55. The van der Waals surface area contributed by atoms with Crippen molar-refractivity contribution in [2.24, 2.45) is 0 Å². The third kappa shape index (κ3) is 4.61. The number of carbonyl (C=O) groups excluding carboxylic acids is 1. The highest BCUT2D eigenvalue weighted by Gasteiger charge is 2.43. The SMILES string of the molecule is O=C1[C@H](Cc2ccccc2)O[C@@H](c2ccc(Cl)cc2)[C@@H](c2ccc(Cl)cc2)N1I. The summed E-state index contributed by atoms with van der Waals surface area (Å²) in [5.74, 6) is -0.0420. The van der Waals surface area contributed by atoms with E-state index in [0.29, 0.717) is 16.5 Å². The molecule has 1 fully saturated rings. The summed E-state index contributed by atoms with van der Waals surface area (Å²) in [6.07, 6.45) is -0.355. The number of hydrogen-bond acceptors (Lipinski definition) is 2. The molecule has 0 spiro atoms. The molecule has 0 aliphatic carbocycles. The molecule has 1 aliphatic heterocycles. The largest absolute Gasteiger partial charge is 0.358 e.